The fraction of sp³-hybridized carbons (Fsp3) is 0.878. The van der Waals surface area contributed by atoms with E-state index in [1.54, 1.807) is 6.92 Å². The maximum Gasteiger partial charge on any atom is 0.224 e. The molecule has 6 heteroatoms. The molecule has 13 atom stereocenters. The highest BCUT2D eigenvalue weighted by Gasteiger charge is 2.63. The molecule has 266 valence electrons. The summed E-state index contributed by atoms with van der Waals surface area (Å²) >= 11 is 0. The average Bonchev–Trinajstić information content (AvgIpc) is 3.84. The Balaban J connectivity index is 1.13. The molecule has 4 fully saturated rings. The third-order valence-electron chi connectivity index (χ3n) is 14.7. The van der Waals surface area contributed by atoms with Crippen LogP contribution in [-0.2, 0) is 9.47 Å². The Bertz CT molecular complexity index is 1250. The molecule has 2 heterocycles. The number of ether oxygens (including phenoxy) is 2. The van der Waals surface area contributed by atoms with Crippen LogP contribution in [0.1, 0.15) is 145 Å². The van der Waals surface area contributed by atoms with Crippen LogP contribution in [0.2, 0.25) is 0 Å². The van der Waals surface area contributed by atoms with Gasteiger partial charge in [-0.05, 0) is 118 Å². The second-order valence-electron chi connectivity index (χ2n) is 17.6. The number of nitrogens with two attached hydrogens (primary N) is 1. The van der Waals surface area contributed by atoms with E-state index in [1.807, 2.05) is 20.8 Å². The fourth-order valence-corrected chi connectivity index (χ4v) is 11.8. The maximum atomic E-state index is 16.7. The molecule has 0 spiro atoms. The molecular weight excluding hydrogens is 595 g/mol. The minimum Gasteiger partial charge on any atom is -0.474 e. The molecule has 0 aromatic carbocycles. The molecule has 6 aliphatic rings. The highest BCUT2D eigenvalue weighted by molar-refractivity contribution is 5.28. The standard InChI is InChI=1S/C41H64F3NO2/c1-8-30-31-15-14-27-21-34(41(44,45)22-26(5)6)47-35(27)36(31)46-33(30)17-19-38(10-3)18-12-13-29(24-38)39-20-16-28(23-39)32(25-39)40(43,11-4)37(7,42)9-2/h16,20,26,28-33,35-36H,8-15,17-19,22-25,45H2,1-7H3. The van der Waals surface area contributed by atoms with Crippen molar-refractivity contribution in [2.75, 3.05) is 0 Å². The summed E-state index contributed by atoms with van der Waals surface area (Å²) in [6, 6.07) is 0. The molecule has 0 aromatic heterocycles. The third kappa shape index (κ3) is 6.01. The largest absolute Gasteiger partial charge is 0.474 e. The van der Waals surface area contributed by atoms with E-state index >= 15 is 13.2 Å². The summed E-state index contributed by atoms with van der Waals surface area (Å²) in [5, 5.41) is 0. The minimum atomic E-state index is -2.00. The highest BCUT2D eigenvalue weighted by Crippen LogP contribution is 2.66. The van der Waals surface area contributed by atoms with Gasteiger partial charge in [-0.2, -0.15) is 0 Å². The van der Waals surface area contributed by atoms with E-state index in [4.69, 9.17) is 15.2 Å². The van der Waals surface area contributed by atoms with Gasteiger partial charge in [-0.25, -0.2) is 13.2 Å². The summed E-state index contributed by atoms with van der Waals surface area (Å²) in [7, 11) is 0. The Morgan fingerprint density at radius 2 is 1.83 bits per heavy atom. The van der Waals surface area contributed by atoms with Crippen LogP contribution in [0.3, 0.4) is 0 Å². The zero-order valence-electron chi connectivity index (χ0n) is 30.5. The van der Waals surface area contributed by atoms with Crippen LogP contribution in [0.15, 0.2) is 29.2 Å². The Hall–Kier alpha value is -1.23. The van der Waals surface area contributed by atoms with Crippen molar-refractivity contribution >= 4 is 0 Å². The van der Waals surface area contributed by atoms with E-state index < -0.39 is 17.1 Å². The first-order valence-corrected chi connectivity index (χ1v) is 19.5. The topological polar surface area (TPSA) is 44.5 Å². The predicted octanol–water partition coefficient (Wildman–Crippen LogP) is 10.9. The van der Waals surface area contributed by atoms with Gasteiger partial charge in [-0.3, -0.25) is 5.73 Å². The lowest BCUT2D eigenvalue weighted by Crippen LogP contribution is -2.52. The zero-order valence-corrected chi connectivity index (χ0v) is 30.5. The molecule has 6 rings (SSSR count). The first-order chi connectivity index (χ1) is 22.2. The molecule has 47 heavy (non-hydrogen) atoms. The molecule has 2 bridgehead atoms. The van der Waals surface area contributed by atoms with Crippen molar-refractivity contribution < 1.29 is 22.6 Å². The Labute approximate surface area is 283 Å². The Kier molecular flexibility index (Phi) is 9.71. The fourth-order valence-electron chi connectivity index (χ4n) is 11.8. The predicted molar refractivity (Wildman–Crippen MR) is 184 cm³/mol. The first kappa shape index (κ1) is 35.6. The van der Waals surface area contributed by atoms with E-state index in [9.17, 15) is 0 Å². The average molecular weight is 660 g/mol. The number of fused-ring (bicyclic) bond motifs is 5. The van der Waals surface area contributed by atoms with Crippen LogP contribution in [-0.4, -0.2) is 35.4 Å². The van der Waals surface area contributed by atoms with Crippen molar-refractivity contribution in [3.05, 3.63) is 29.2 Å². The van der Waals surface area contributed by atoms with Gasteiger partial charge in [0.25, 0.3) is 0 Å². The third-order valence-corrected chi connectivity index (χ3v) is 14.7. The van der Waals surface area contributed by atoms with Crippen molar-refractivity contribution in [3.63, 3.8) is 0 Å². The molecule has 13 unspecified atom stereocenters. The van der Waals surface area contributed by atoms with Crippen LogP contribution < -0.4 is 5.73 Å². The second-order valence-corrected chi connectivity index (χ2v) is 17.6. The van der Waals surface area contributed by atoms with E-state index in [0.29, 0.717) is 17.8 Å². The van der Waals surface area contributed by atoms with Gasteiger partial charge in [0.15, 0.2) is 11.9 Å². The highest BCUT2D eigenvalue weighted by atomic mass is 19.2. The SMILES string of the molecule is CCC1C(CCC2(CC)CCCC(C34C=CC(C3)C(C(F)(CC)C(C)(F)CC)C4)C2)OC2C3OC(C(N)(F)CC(C)C)=C=C3CCC12. The van der Waals surface area contributed by atoms with Crippen molar-refractivity contribution in [1.29, 1.82) is 0 Å². The van der Waals surface area contributed by atoms with Crippen molar-refractivity contribution in [2.24, 2.45) is 52.1 Å². The van der Waals surface area contributed by atoms with Gasteiger partial charge in [-0.1, -0.05) is 78.7 Å². The lowest BCUT2D eigenvalue weighted by atomic mass is 9.57. The summed E-state index contributed by atoms with van der Waals surface area (Å²) < 4.78 is 61.1. The molecule has 2 aliphatic heterocycles. The smallest absolute Gasteiger partial charge is 0.224 e. The van der Waals surface area contributed by atoms with Crippen LogP contribution in [0, 0.1) is 46.3 Å². The number of alkyl halides is 3. The normalized spacial score (nSPS) is 43.1. The summed E-state index contributed by atoms with van der Waals surface area (Å²) in [5.74, 6) is -0.395. The quantitative estimate of drug-likeness (QED) is 0.122. The molecule has 1 saturated heterocycles. The van der Waals surface area contributed by atoms with Gasteiger partial charge >= 0.3 is 0 Å². The molecule has 3 nitrogen and oxygen atoms in total. The summed E-state index contributed by atoms with van der Waals surface area (Å²) in [6.45, 7) is 13.7. The van der Waals surface area contributed by atoms with Crippen molar-refractivity contribution in [3.8, 4) is 0 Å². The van der Waals surface area contributed by atoms with Gasteiger partial charge < -0.3 is 9.47 Å². The monoisotopic (exact) mass is 659 g/mol. The maximum absolute atomic E-state index is 16.7. The molecule has 0 radical (unpaired) electrons. The van der Waals surface area contributed by atoms with Gasteiger partial charge in [0.1, 0.15) is 17.4 Å². The summed E-state index contributed by atoms with van der Waals surface area (Å²) in [6.07, 6.45) is 18.1. The number of halogens is 3. The van der Waals surface area contributed by atoms with Gasteiger partial charge in [0.2, 0.25) is 5.79 Å². The van der Waals surface area contributed by atoms with Crippen molar-refractivity contribution in [1.82, 2.24) is 0 Å². The molecule has 0 amide bonds. The zero-order chi connectivity index (χ0) is 34.0. The molecule has 0 aromatic rings. The van der Waals surface area contributed by atoms with Crippen LogP contribution in [0.5, 0.6) is 0 Å². The van der Waals surface area contributed by atoms with E-state index in [-0.39, 0.29) is 71.9 Å². The van der Waals surface area contributed by atoms with E-state index in [0.717, 1.165) is 56.9 Å². The molecule has 4 aliphatic carbocycles. The number of hydrogen-bond acceptors (Lipinski definition) is 3. The minimum absolute atomic E-state index is 0.00865. The summed E-state index contributed by atoms with van der Waals surface area (Å²) in [5.41, 5.74) is 7.07. The van der Waals surface area contributed by atoms with E-state index in [1.165, 1.54) is 32.6 Å². The first-order valence-electron chi connectivity index (χ1n) is 19.5. The number of hydrogen-bond donors (Lipinski definition) is 1. The van der Waals surface area contributed by atoms with Gasteiger partial charge in [0.05, 0.1) is 6.10 Å². The van der Waals surface area contributed by atoms with Gasteiger partial charge in [-0.15, -0.1) is 0 Å². The molecular formula is C41H64F3NO2. The van der Waals surface area contributed by atoms with Crippen LogP contribution >= 0.6 is 0 Å². The summed E-state index contributed by atoms with van der Waals surface area (Å²) in [4.78, 5) is 0. The van der Waals surface area contributed by atoms with Crippen LogP contribution in [0.4, 0.5) is 13.2 Å². The Morgan fingerprint density at radius 1 is 1.06 bits per heavy atom. The van der Waals surface area contributed by atoms with E-state index in [2.05, 4.69) is 31.7 Å². The van der Waals surface area contributed by atoms with Crippen molar-refractivity contribution in [2.45, 2.75) is 180 Å². The number of rotatable bonds is 13. The number of allylic oxidation sites excluding steroid dienone is 2. The lowest BCUT2D eigenvalue weighted by molar-refractivity contribution is -0.0867. The second kappa shape index (κ2) is 12.8. The lowest BCUT2D eigenvalue weighted by Gasteiger charge is -2.48. The van der Waals surface area contributed by atoms with Gasteiger partial charge in [0, 0.05) is 17.9 Å². The van der Waals surface area contributed by atoms with Crippen LogP contribution in [0.25, 0.3) is 0 Å². The molecule has 2 N–H and O–H groups in total. The molecule has 3 saturated carbocycles. The Morgan fingerprint density at radius 3 is 2.49 bits per heavy atom.